The summed E-state index contributed by atoms with van der Waals surface area (Å²) in [5.41, 5.74) is 4.87. The van der Waals surface area contributed by atoms with Gasteiger partial charge in [0.15, 0.2) is 12.4 Å². The van der Waals surface area contributed by atoms with E-state index in [-0.39, 0.29) is 23.2 Å². The number of carbonyl (C=O) groups is 4. The molecule has 4 aromatic rings. The van der Waals surface area contributed by atoms with Crippen molar-refractivity contribution in [1.82, 2.24) is 0 Å². The van der Waals surface area contributed by atoms with Gasteiger partial charge in [-0.05, 0) is 46.5 Å². The minimum absolute atomic E-state index is 0.208. The molecule has 1 fully saturated rings. The van der Waals surface area contributed by atoms with Crippen LogP contribution in [0.1, 0.15) is 43.0 Å². The summed E-state index contributed by atoms with van der Waals surface area (Å²) in [6.45, 7) is -0.390. The van der Waals surface area contributed by atoms with E-state index >= 15 is 0 Å². The first-order valence-electron chi connectivity index (χ1n) is 13.1. The van der Waals surface area contributed by atoms with E-state index in [0.29, 0.717) is 11.3 Å². The van der Waals surface area contributed by atoms with Gasteiger partial charge in [-0.3, -0.25) is 14.4 Å². The zero-order valence-corrected chi connectivity index (χ0v) is 24.6. The van der Waals surface area contributed by atoms with E-state index < -0.39 is 33.1 Å². The van der Waals surface area contributed by atoms with Gasteiger partial charge in [0.05, 0.1) is 31.7 Å². The number of amides is 2. The number of esters is 1. The Kier molecular flexibility index (Phi) is 5.92. The molecule has 1 aliphatic heterocycles. The van der Waals surface area contributed by atoms with Gasteiger partial charge in [-0.2, -0.15) is 0 Å². The molecule has 6 nitrogen and oxygen atoms in total. The van der Waals surface area contributed by atoms with Crippen molar-refractivity contribution in [3.8, 4) is 0 Å². The first kappa shape index (κ1) is 26.0. The Bertz CT molecular complexity index is 1650. The molecule has 41 heavy (non-hydrogen) atoms. The number of carbonyl (C=O) groups excluding carboxylic acids is 4. The second kappa shape index (κ2) is 9.33. The zero-order valence-electron chi connectivity index (χ0n) is 21.4. The van der Waals surface area contributed by atoms with Crippen molar-refractivity contribution in [3.63, 3.8) is 0 Å². The van der Waals surface area contributed by atoms with Crippen LogP contribution in [0.15, 0.2) is 103 Å². The van der Waals surface area contributed by atoms with Crippen LogP contribution < -0.4 is 4.90 Å². The molecular weight excluding hydrogens is 650 g/mol. The monoisotopic (exact) mass is 669 g/mol. The fraction of sp³-hybridized carbons (Fsp3) is 0.152. The first-order chi connectivity index (χ1) is 19.8. The fourth-order valence-corrected chi connectivity index (χ4v) is 8.89. The van der Waals surface area contributed by atoms with E-state index in [0.717, 1.165) is 22.3 Å². The molecule has 2 amide bonds. The van der Waals surface area contributed by atoms with Crippen molar-refractivity contribution in [1.29, 1.82) is 0 Å². The second-order valence-electron chi connectivity index (χ2n) is 10.4. The van der Waals surface area contributed by atoms with Gasteiger partial charge in [-0.25, -0.2) is 9.69 Å². The topological polar surface area (TPSA) is 80.8 Å². The standard InChI is InChI=1S/C33H21Br2NO5/c34-32-22-10-4-5-11-23(22)33(35,25-13-7-6-12-24(25)32)28-27(32)29(38)36(30(28)39)21-16-14-20(15-17-21)31(40)41-18-26(37)19-8-2-1-3-9-19/h1-17,27-28H,18H2/t27-,28-,32?,33?/m1/s1. The Labute approximate surface area is 252 Å². The molecule has 0 N–H and O–H groups in total. The molecule has 8 rings (SSSR count). The van der Waals surface area contributed by atoms with Gasteiger partial charge in [0.25, 0.3) is 0 Å². The molecule has 2 bridgehead atoms. The maximum absolute atomic E-state index is 14.2. The Hall–Kier alpha value is -3.88. The van der Waals surface area contributed by atoms with Crippen molar-refractivity contribution >= 4 is 61.1 Å². The normalized spacial score (nSPS) is 25.4. The molecule has 0 spiro atoms. The quantitative estimate of drug-likeness (QED) is 0.110. The van der Waals surface area contributed by atoms with Crippen LogP contribution in [0.2, 0.25) is 0 Å². The third-order valence-electron chi connectivity index (χ3n) is 8.38. The van der Waals surface area contributed by atoms with Crippen LogP contribution in [0.4, 0.5) is 5.69 Å². The predicted molar refractivity (Wildman–Crippen MR) is 159 cm³/mol. The maximum atomic E-state index is 14.2. The van der Waals surface area contributed by atoms with Gasteiger partial charge in [0.1, 0.15) is 0 Å². The van der Waals surface area contributed by atoms with Crippen molar-refractivity contribution in [2.24, 2.45) is 11.8 Å². The summed E-state index contributed by atoms with van der Waals surface area (Å²) in [5, 5.41) is 0. The number of imide groups is 1. The van der Waals surface area contributed by atoms with Crippen LogP contribution >= 0.6 is 31.9 Å². The summed E-state index contributed by atoms with van der Waals surface area (Å²) < 4.78 is 3.46. The average Bonchev–Trinajstić information content (AvgIpc) is 3.29. The van der Waals surface area contributed by atoms with Crippen LogP contribution in [0.25, 0.3) is 0 Å². The molecule has 8 heteroatoms. The van der Waals surface area contributed by atoms with E-state index in [4.69, 9.17) is 4.74 Å². The lowest BCUT2D eigenvalue weighted by atomic mass is 9.54. The van der Waals surface area contributed by atoms with Gasteiger partial charge in [0.2, 0.25) is 11.8 Å². The number of alkyl halides is 2. The molecule has 0 radical (unpaired) electrons. The highest BCUT2D eigenvalue weighted by Gasteiger charge is 2.72. The van der Waals surface area contributed by atoms with Gasteiger partial charge >= 0.3 is 5.97 Å². The van der Waals surface area contributed by atoms with E-state index in [1.807, 2.05) is 48.5 Å². The number of ether oxygens (including phenoxy) is 1. The summed E-state index contributed by atoms with van der Waals surface area (Å²) in [6, 6.07) is 30.5. The number of hydrogen-bond acceptors (Lipinski definition) is 5. The van der Waals surface area contributed by atoms with E-state index in [9.17, 15) is 19.2 Å². The molecular formula is C33H21Br2NO5. The van der Waals surface area contributed by atoms with Crippen molar-refractivity contribution in [3.05, 3.63) is 137 Å². The van der Waals surface area contributed by atoms with Crippen LogP contribution in [-0.4, -0.2) is 30.2 Å². The lowest BCUT2D eigenvalue weighted by Gasteiger charge is -2.55. The number of ketones is 1. The molecule has 2 atom stereocenters. The molecule has 0 saturated carbocycles. The first-order valence-corrected chi connectivity index (χ1v) is 14.7. The largest absolute Gasteiger partial charge is 0.454 e. The smallest absolute Gasteiger partial charge is 0.338 e. The number of halogens is 2. The molecule has 0 unspecified atom stereocenters. The second-order valence-corrected chi connectivity index (χ2v) is 12.9. The highest BCUT2D eigenvalue weighted by Crippen LogP contribution is 2.70. The molecule has 202 valence electrons. The Morgan fingerprint density at radius 3 is 1.54 bits per heavy atom. The summed E-state index contributed by atoms with van der Waals surface area (Å²) in [5.74, 6) is -2.98. The Morgan fingerprint density at radius 2 is 1.07 bits per heavy atom. The van der Waals surface area contributed by atoms with Gasteiger partial charge < -0.3 is 4.74 Å². The minimum atomic E-state index is -0.878. The number of Topliss-reactive ketones (excluding diaryl/α,β-unsaturated/α-hetero) is 1. The highest BCUT2D eigenvalue weighted by atomic mass is 79.9. The van der Waals surface area contributed by atoms with Crippen molar-refractivity contribution in [2.45, 2.75) is 8.65 Å². The molecule has 1 saturated heterocycles. The lowest BCUT2D eigenvalue weighted by Crippen LogP contribution is -2.56. The molecule has 4 aliphatic rings. The summed E-state index contributed by atoms with van der Waals surface area (Å²) in [4.78, 5) is 54.5. The minimum Gasteiger partial charge on any atom is -0.454 e. The maximum Gasteiger partial charge on any atom is 0.338 e. The molecule has 3 aliphatic carbocycles. The van der Waals surface area contributed by atoms with Crippen molar-refractivity contribution in [2.75, 3.05) is 11.5 Å². The van der Waals surface area contributed by atoms with Crippen LogP contribution in [0.5, 0.6) is 0 Å². The Morgan fingerprint density at radius 1 is 0.634 bits per heavy atom. The lowest BCUT2D eigenvalue weighted by molar-refractivity contribution is -0.122. The van der Waals surface area contributed by atoms with Crippen LogP contribution in [-0.2, 0) is 23.0 Å². The summed E-state index contributed by atoms with van der Waals surface area (Å²) in [7, 11) is 0. The average molecular weight is 671 g/mol. The SMILES string of the molecule is O=C(COC(=O)c1ccc(N2C(=O)[C@H]3[C@H](C2=O)C2(Br)c4ccccc4C3(Br)c3ccccc32)cc1)c1ccccc1. The van der Waals surface area contributed by atoms with Crippen LogP contribution in [0, 0.1) is 11.8 Å². The third-order valence-corrected chi connectivity index (χ3v) is 11.1. The fourth-order valence-electron chi connectivity index (χ4n) is 6.59. The van der Waals surface area contributed by atoms with E-state index in [1.54, 1.807) is 42.5 Å². The zero-order chi connectivity index (χ0) is 28.5. The van der Waals surface area contributed by atoms with Gasteiger partial charge in [0, 0.05) is 5.56 Å². The van der Waals surface area contributed by atoms with Gasteiger partial charge in [-0.15, -0.1) is 0 Å². The number of hydrogen-bond donors (Lipinski definition) is 0. The summed E-state index contributed by atoms with van der Waals surface area (Å²) >= 11 is 7.99. The number of nitrogens with zero attached hydrogens (tertiary/aromatic N) is 1. The highest BCUT2D eigenvalue weighted by molar-refractivity contribution is 9.10. The predicted octanol–water partition coefficient (Wildman–Crippen LogP) is 6.14. The van der Waals surface area contributed by atoms with Crippen molar-refractivity contribution < 1.29 is 23.9 Å². The number of benzene rings is 4. The Balaban J connectivity index is 1.20. The van der Waals surface area contributed by atoms with Gasteiger partial charge in [-0.1, -0.05) is 111 Å². The third kappa shape index (κ3) is 3.53. The molecule has 4 aromatic carbocycles. The van der Waals surface area contributed by atoms with E-state index in [2.05, 4.69) is 31.9 Å². The number of anilines is 1. The number of rotatable bonds is 5. The van der Waals surface area contributed by atoms with Crippen LogP contribution in [0.3, 0.4) is 0 Å². The molecule has 1 heterocycles. The molecule has 0 aromatic heterocycles. The summed E-state index contributed by atoms with van der Waals surface area (Å²) in [6.07, 6.45) is 0. The van der Waals surface area contributed by atoms with E-state index in [1.165, 1.54) is 17.0 Å².